The molecule has 0 bridgehead atoms. The Balaban J connectivity index is 0.000000606. The molecular formula is C13H27FN2. The summed E-state index contributed by atoms with van der Waals surface area (Å²) in [6.45, 7) is 8.45. The molecule has 1 aliphatic heterocycles. The van der Waals surface area contributed by atoms with Gasteiger partial charge in [0.05, 0.1) is 6.17 Å². The molecule has 2 N–H and O–H groups in total. The van der Waals surface area contributed by atoms with Crippen molar-refractivity contribution in [1.82, 2.24) is 10.6 Å². The van der Waals surface area contributed by atoms with Crippen molar-refractivity contribution in [3.63, 3.8) is 0 Å². The molecule has 0 unspecified atom stereocenters. The third-order valence-electron chi connectivity index (χ3n) is 3.55. The third-order valence-corrected chi connectivity index (χ3v) is 3.55. The zero-order valence-electron chi connectivity index (χ0n) is 10.9. The van der Waals surface area contributed by atoms with Gasteiger partial charge in [0, 0.05) is 13.1 Å². The molecule has 1 aliphatic carbocycles. The van der Waals surface area contributed by atoms with Crippen LogP contribution in [0.25, 0.3) is 0 Å². The van der Waals surface area contributed by atoms with Crippen molar-refractivity contribution in [3.05, 3.63) is 0 Å². The Morgan fingerprint density at radius 3 is 1.94 bits per heavy atom. The quantitative estimate of drug-likeness (QED) is 0.724. The van der Waals surface area contributed by atoms with E-state index in [4.69, 9.17) is 0 Å². The molecule has 0 spiro atoms. The lowest BCUT2D eigenvalue weighted by Gasteiger charge is -2.37. The maximum Gasteiger partial charge on any atom is 0.100 e. The van der Waals surface area contributed by atoms with Crippen molar-refractivity contribution in [2.75, 3.05) is 13.1 Å². The maximum atomic E-state index is 12.9. The Morgan fingerprint density at radius 2 is 1.44 bits per heavy atom. The second-order valence-electron chi connectivity index (χ2n) is 4.91. The van der Waals surface area contributed by atoms with Crippen LogP contribution in [-0.2, 0) is 0 Å². The highest BCUT2D eigenvalue weighted by molar-refractivity contribution is 4.84. The first-order valence-electron chi connectivity index (χ1n) is 6.86. The highest BCUT2D eigenvalue weighted by atomic mass is 19.1. The molecule has 2 fully saturated rings. The first kappa shape index (κ1) is 13.9. The van der Waals surface area contributed by atoms with Gasteiger partial charge in [-0.05, 0) is 37.5 Å². The van der Waals surface area contributed by atoms with Gasteiger partial charge >= 0.3 is 0 Å². The van der Waals surface area contributed by atoms with Gasteiger partial charge in [0.15, 0.2) is 0 Å². The molecule has 1 heterocycles. The molecule has 16 heavy (non-hydrogen) atoms. The zero-order valence-corrected chi connectivity index (χ0v) is 10.9. The molecule has 0 aromatic rings. The average Bonchev–Trinajstić information content (AvgIpc) is 2.34. The summed E-state index contributed by atoms with van der Waals surface area (Å²) in [7, 11) is 0. The number of alkyl halides is 1. The van der Waals surface area contributed by atoms with Crippen LogP contribution in [0.2, 0.25) is 0 Å². The molecule has 0 atom stereocenters. The van der Waals surface area contributed by atoms with E-state index < -0.39 is 6.17 Å². The fourth-order valence-corrected chi connectivity index (χ4v) is 2.55. The van der Waals surface area contributed by atoms with Gasteiger partial charge in [-0.1, -0.05) is 20.8 Å². The van der Waals surface area contributed by atoms with E-state index in [1.165, 1.54) is 0 Å². The molecule has 0 radical (unpaired) electrons. The Labute approximate surface area is 99.4 Å². The van der Waals surface area contributed by atoms with Crippen molar-refractivity contribution < 1.29 is 4.39 Å². The summed E-state index contributed by atoms with van der Waals surface area (Å²) in [6, 6.07) is 0. The zero-order chi connectivity index (χ0) is 12.0. The molecule has 2 rings (SSSR count). The lowest BCUT2D eigenvalue weighted by atomic mass is 9.85. The van der Waals surface area contributed by atoms with Crippen molar-refractivity contribution in [2.45, 2.75) is 58.8 Å². The molecule has 1 saturated heterocycles. The standard InChI is InChI=1S/C11H21FN2.C2H6/c1-8-6-13-11(14-7-8)9-2-4-10(12)5-3-9;1-2/h8-11,13-14H,2-7H2,1H3;1-2H3. The predicted molar refractivity (Wildman–Crippen MR) is 67.2 cm³/mol. The predicted octanol–water partition coefficient (Wildman–Crippen LogP) is 2.70. The van der Waals surface area contributed by atoms with Crippen LogP contribution in [0.4, 0.5) is 4.39 Å². The molecule has 1 saturated carbocycles. The SMILES string of the molecule is CC.CC1CNC(C2CCC(F)CC2)NC1. The number of nitrogens with one attached hydrogen (secondary N) is 2. The number of hydrogen-bond donors (Lipinski definition) is 2. The molecule has 0 aromatic carbocycles. The van der Waals surface area contributed by atoms with E-state index in [2.05, 4.69) is 17.6 Å². The Hall–Kier alpha value is -0.150. The third kappa shape index (κ3) is 4.02. The maximum absolute atomic E-state index is 12.9. The lowest BCUT2D eigenvalue weighted by molar-refractivity contribution is 0.146. The summed E-state index contributed by atoms with van der Waals surface area (Å²) in [5.41, 5.74) is 0. The highest BCUT2D eigenvalue weighted by Crippen LogP contribution is 2.28. The van der Waals surface area contributed by atoms with Gasteiger partial charge < -0.3 is 10.6 Å². The molecule has 96 valence electrons. The minimum absolute atomic E-state index is 0.443. The summed E-state index contributed by atoms with van der Waals surface area (Å²) in [6.07, 6.45) is 3.52. The van der Waals surface area contributed by atoms with E-state index in [1.807, 2.05) is 13.8 Å². The average molecular weight is 230 g/mol. The van der Waals surface area contributed by atoms with Gasteiger partial charge in [-0.25, -0.2) is 4.39 Å². The van der Waals surface area contributed by atoms with E-state index in [1.54, 1.807) is 0 Å². The van der Waals surface area contributed by atoms with Crippen LogP contribution >= 0.6 is 0 Å². The minimum Gasteiger partial charge on any atom is -0.301 e. The molecule has 3 heteroatoms. The summed E-state index contributed by atoms with van der Waals surface area (Å²) in [5.74, 6) is 1.37. The first-order valence-corrected chi connectivity index (χ1v) is 6.86. The topological polar surface area (TPSA) is 24.1 Å². The van der Waals surface area contributed by atoms with Gasteiger partial charge in [0.25, 0.3) is 0 Å². The van der Waals surface area contributed by atoms with E-state index in [-0.39, 0.29) is 0 Å². The highest BCUT2D eigenvalue weighted by Gasteiger charge is 2.29. The molecule has 2 nitrogen and oxygen atoms in total. The summed E-state index contributed by atoms with van der Waals surface area (Å²) >= 11 is 0. The van der Waals surface area contributed by atoms with Gasteiger partial charge in [-0.3, -0.25) is 0 Å². The summed E-state index contributed by atoms with van der Waals surface area (Å²) in [4.78, 5) is 0. The molecule has 2 aliphatic rings. The number of halogens is 1. The monoisotopic (exact) mass is 230 g/mol. The van der Waals surface area contributed by atoms with Crippen LogP contribution in [0, 0.1) is 11.8 Å². The van der Waals surface area contributed by atoms with Crippen molar-refractivity contribution >= 4 is 0 Å². The van der Waals surface area contributed by atoms with Gasteiger partial charge in [0.2, 0.25) is 0 Å². The Bertz CT molecular complexity index is 151. The molecular weight excluding hydrogens is 203 g/mol. The second kappa shape index (κ2) is 7.23. The van der Waals surface area contributed by atoms with Crippen LogP contribution in [0.5, 0.6) is 0 Å². The fourth-order valence-electron chi connectivity index (χ4n) is 2.55. The number of hydrogen-bond acceptors (Lipinski definition) is 2. The lowest BCUT2D eigenvalue weighted by Crippen LogP contribution is -2.56. The van der Waals surface area contributed by atoms with Crippen LogP contribution in [0.1, 0.15) is 46.5 Å². The van der Waals surface area contributed by atoms with Crippen LogP contribution < -0.4 is 10.6 Å². The van der Waals surface area contributed by atoms with E-state index in [0.717, 1.165) is 44.7 Å². The Morgan fingerprint density at radius 1 is 0.938 bits per heavy atom. The van der Waals surface area contributed by atoms with E-state index >= 15 is 0 Å². The number of rotatable bonds is 1. The van der Waals surface area contributed by atoms with Gasteiger partial charge in [-0.2, -0.15) is 0 Å². The van der Waals surface area contributed by atoms with Crippen LogP contribution in [-0.4, -0.2) is 25.4 Å². The van der Waals surface area contributed by atoms with Crippen molar-refractivity contribution in [3.8, 4) is 0 Å². The first-order chi connectivity index (χ1) is 7.75. The fraction of sp³-hybridized carbons (Fsp3) is 1.00. The van der Waals surface area contributed by atoms with Crippen molar-refractivity contribution in [1.29, 1.82) is 0 Å². The Kier molecular flexibility index (Phi) is 6.29. The van der Waals surface area contributed by atoms with E-state index in [9.17, 15) is 4.39 Å². The van der Waals surface area contributed by atoms with Crippen LogP contribution in [0.15, 0.2) is 0 Å². The minimum atomic E-state index is -0.534. The summed E-state index contributed by atoms with van der Waals surface area (Å²) in [5, 5.41) is 7.04. The molecule has 0 amide bonds. The normalized spacial score (nSPS) is 39.8. The van der Waals surface area contributed by atoms with Crippen molar-refractivity contribution in [2.24, 2.45) is 11.8 Å². The van der Waals surface area contributed by atoms with Gasteiger partial charge in [-0.15, -0.1) is 0 Å². The largest absolute Gasteiger partial charge is 0.301 e. The molecule has 0 aromatic heterocycles. The van der Waals surface area contributed by atoms with Crippen LogP contribution in [0.3, 0.4) is 0 Å². The van der Waals surface area contributed by atoms with E-state index in [0.29, 0.717) is 12.1 Å². The smallest absolute Gasteiger partial charge is 0.100 e. The van der Waals surface area contributed by atoms with Gasteiger partial charge in [0.1, 0.15) is 6.17 Å². The second-order valence-corrected chi connectivity index (χ2v) is 4.91. The summed E-state index contributed by atoms with van der Waals surface area (Å²) < 4.78 is 12.9.